The second-order valence-corrected chi connectivity index (χ2v) is 7.01. The third kappa shape index (κ3) is 5.40. The van der Waals surface area contributed by atoms with E-state index in [1.165, 1.54) is 12.0 Å². The molecule has 2 heterocycles. The number of aryl methyl sites for hydroxylation is 1. The monoisotopic (exact) mass is 337 g/mol. The number of rotatable bonds is 7. The smallest absolute Gasteiger partial charge is 0.222 e. The van der Waals surface area contributed by atoms with Crippen molar-refractivity contribution in [1.82, 2.24) is 14.8 Å². The molecule has 4 heteroatoms. The first-order valence-corrected chi connectivity index (χ1v) is 9.10. The van der Waals surface area contributed by atoms with Crippen LogP contribution in [0.1, 0.15) is 24.0 Å². The lowest BCUT2D eigenvalue weighted by Crippen LogP contribution is -2.33. The maximum atomic E-state index is 12.4. The predicted octanol–water partition coefficient (Wildman–Crippen LogP) is 2.99. The van der Waals surface area contributed by atoms with Crippen LogP contribution in [0.4, 0.5) is 0 Å². The molecule has 0 N–H and O–H groups in total. The van der Waals surface area contributed by atoms with E-state index in [4.69, 9.17) is 0 Å². The van der Waals surface area contributed by atoms with Crippen LogP contribution in [0.5, 0.6) is 0 Å². The molecule has 1 aliphatic heterocycles. The van der Waals surface area contributed by atoms with Crippen LogP contribution in [-0.4, -0.2) is 47.4 Å². The van der Waals surface area contributed by atoms with Gasteiger partial charge in [0.25, 0.3) is 0 Å². The van der Waals surface area contributed by atoms with Gasteiger partial charge in [0.15, 0.2) is 0 Å². The number of hydrogen-bond donors (Lipinski definition) is 0. The Hall–Kier alpha value is -2.20. The van der Waals surface area contributed by atoms with Gasteiger partial charge in [-0.15, -0.1) is 0 Å². The zero-order chi connectivity index (χ0) is 17.5. The van der Waals surface area contributed by atoms with E-state index < -0.39 is 0 Å². The number of carbonyl (C=O) groups is 1. The van der Waals surface area contributed by atoms with E-state index in [-0.39, 0.29) is 5.91 Å². The van der Waals surface area contributed by atoms with Crippen molar-refractivity contribution in [2.75, 3.05) is 26.7 Å². The maximum absolute atomic E-state index is 12.4. The van der Waals surface area contributed by atoms with Crippen LogP contribution < -0.4 is 0 Å². The van der Waals surface area contributed by atoms with Crippen molar-refractivity contribution in [3.63, 3.8) is 0 Å². The summed E-state index contributed by atoms with van der Waals surface area (Å²) in [7, 11) is 1.94. The van der Waals surface area contributed by atoms with E-state index in [0.717, 1.165) is 38.2 Å². The Morgan fingerprint density at radius 1 is 1.20 bits per heavy atom. The van der Waals surface area contributed by atoms with Gasteiger partial charge in [-0.25, -0.2) is 0 Å². The summed E-state index contributed by atoms with van der Waals surface area (Å²) in [5.74, 6) is 0.807. The summed E-state index contributed by atoms with van der Waals surface area (Å²) >= 11 is 0. The average Bonchev–Trinajstić information content (AvgIpc) is 3.08. The number of likely N-dealkylation sites (tertiary alicyclic amines) is 1. The van der Waals surface area contributed by atoms with Gasteiger partial charge in [0.1, 0.15) is 0 Å². The zero-order valence-corrected chi connectivity index (χ0v) is 15.0. The minimum Gasteiger partial charge on any atom is -0.345 e. The summed E-state index contributed by atoms with van der Waals surface area (Å²) in [4.78, 5) is 20.9. The van der Waals surface area contributed by atoms with Crippen molar-refractivity contribution < 1.29 is 4.79 Å². The standard InChI is InChI=1S/C21H27N3O/c1-23(21(25)10-9-18-8-5-12-22-14-18)15-20-11-13-24(17-20)16-19-6-3-2-4-7-19/h2-8,12,14,20H,9-11,13,15-17H2,1H3/t20-/m0/s1. The van der Waals surface area contributed by atoms with Crippen LogP contribution in [0.15, 0.2) is 54.9 Å². The normalized spacial score (nSPS) is 17.6. The molecule has 1 aromatic heterocycles. The van der Waals surface area contributed by atoms with Gasteiger partial charge in [0.2, 0.25) is 5.91 Å². The molecule has 1 amide bonds. The van der Waals surface area contributed by atoms with Gasteiger partial charge in [0.05, 0.1) is 0 Å². The molecule has 1 aromatic carbocycles. The van der Waals surface area contributed by atoms with Gasteiger partial charge in [-0.1, -0.05) is 36.4 Å². The van der Waals surface area contributed by atoms with Crippen molar-refractivity contribution in [1.29, 1.82) is 0 Å². The molecular weight excluding hydrogens is 310 g/mol. The largest absolute Gasteiger partial charge is 0.345 e. The topological polar surface area (TPSA) is 36.4 Å². The molecule has 0 aliphatic carbocycles. The molecule has 1 fully saturated rings. The number of nitrogens with zero attached hydrogens (tertiary/aromatic N) is 3. The Labute approximate surface area is 150 Å². The summed E-state index contributed by atoms with van der Waals surface area (Å²) in [6.45, 7) is 4.07. The average molecular weight is 337 g/mol. The molecule has 2 aromatic rings. The second kappa shape index (κ2) is 8.77. The molecule has 0 radical (unpaired) electrons. The molecule has 3 rings (SSSR count). The summed E-state index contributed by atoms with van der Waals surface area (Å²) in [5, 5.41) is 0. The number of aromatic nitrogens is 1. The third-order valence-corrected chi connectivity index (χ3v) is 4.93. The van der Waals surface area contributed by atoms with Crippen molar-refractivity contribution in [2.24, 2.45) is 5.92 Å². The number of benzene rings is 1. The molecule has 4 nitrogen and oxygen atoms in total. The lowest BCUT2D eigenvalue weighted by Gasteiger charge is -2.22. The highest BCUT2D eigenvalue weighted by Crippen LogP contribution is 2.19. The van der Waals surface area contributed by atoms with Gasteiger partial charge in [-0.2, -0.15) is 0 Å². The molecule has 0 spiro atoms. The first-order chi connectivity index (χ1) is 12.2. The molecule has 0 bridgehead atoms. The van der Waals surface area contributed by atoms with Gasteiger partial charge in [0, 0.05) is 45.5 Å². The van der Waals surface area contributed by atoms with E-state index in [1.54, 1.807) is 6.20 Å². The van der Waals surface area contributed by atoms with Crippen molar-refractivity contribution >= 4 is 5.91 Å². The minimum atomic E-state index is 0.227. The van der Waals surface area contributed by atoms with Crippen LogP contribution in [0.3, 0.4) is 0 Å². The summed E-state index contributed by atoms with van der Waals surface area (Å²) in [5.41, 5.74) is 2.49. The van der Waals surface area contributed by atoms with E-state index in [0.29, 0.717) is 12.3 Å². The molecular formula is C21H27N3O. The Balaban J connectivity index is 1.40. The first-order valence-electron chi connectivity index (χ1n) is 9.10. The fourth-order valence-corrected chi connectivity index (χ4v) is 3.52. The van der Waals surface area contributed by atoms with E-state index in [9.17, 15) is 4.79 Å². The molecule has 1 atom stereocenters. The number of hydrogen-bond acceptors (Lipinski definition) is 3. The van der Waals surface area contributed by atoms with Crippen LogP contribution in [0.2, 0.25) is 0 Å². The van der Waals surface area contributed by atoms with Crippen molar-refractivity contribution in [3.8, 4) is 0 Å². The fourth-order valence-electron chi connectivity index (χ4n) is 3.52. The quantitative estimate of drug-likeness (QED) is 0.779. The first kappa shape index (κ1) is 17.6. The van der Waals surface area contributed by atoms with E-state index in [1.807, 2.05) is 30.3 Å². The Morgan fingerprint density at radius 3 is 2.76 bits per heavy atom. The lowest BCUT2D eigenvalue weighted by atomic mass is 10.1. The van der Waals surface area contributed by atoms with E-state index >= 15 is 0 Å². The molecule has 1 aliphatic rings. The lowest BCUT2D eigenvalue weighted by molar-refractivity contribution is -0.130. The highest BCUT2D eigenvalue weighted by molar-refractivity contribution is 5.76. The molecule has 0 unspecified atom stereocenters. The summed E-state index contributed by atoms with van der Waals surface area (Å²) in [6, 6.07) is 14.6. The molecule has 0 saturated carbocycles. The fraction of sp³-hybridized carbons (Fsp3) is 0.429. The number of pyridine rings is 1. The molecule has 25 heavy (non-hydrogen) atoms. The Morgan fingerprint density at radius 2 is 2.00 bits per heavy atom. The highest BCUT2D eigenvalue weighted by Gasteiger charge is 2.24. The number of amides is 1. The SMILES string of the molecule is CN(C[C@@H]1CCN(Cc2ccccc2)C1)C(=O)CCc1cccnc1. The highest BCUT2D eigenvalue weighted by atomic mass is 16.2. The third-order valence-electron chi connectivity index (χ3n) is 4.93. The second-order valence-electron chi connectivity index (χ2n) is 7.01. The summed E-state index contributed by atoms with van der Waals surface area (Å²) in [6.07, 6.45) is 6.10. The van der Waals surface area contributed by atoms with E-state index in [2.05, 4.69) is 40.2 Å². The van der Waals surface area contributed by atoms with Gasteiger partial charge in [-0.05, 0) is 42.5 Å². The van der Waals surface area contributed by atoms with Crippen LogP contribution in [0.25, 0.3) is 0 Å². The minimum absolute atomic E-state index is 0.227. The van der Waals surface area contributed by atoms with Gasteiger partial charge in [-0.3, -0.25) is 14.7 Å². The Kier molecular flexibility index (Phi) is 6.18. The van der Waals surface area contributed by atoms with Crippen LogP contribution >= 0.6 is 0 Å². The van der Waals surface area contributed by atoms with Crippen molar-refractivity contribution in [2.45, 2.75) is 25.8 Å². The van der Waals surface area contributed by atoms with Crippen molar-refractivity contribution in [3.05, 3.63) is 66.0 Å². The van der Waals surface area contributed by atoms with Crippen LogP contribution in [-0.2, 0) is 17.8 Å². The van der Waals surface area contributed by atoms with Crippen LogP contribution in [0, 0.1) is 5.92 Å². The molecule has 132 valence electrons. The Bertz CT molecular complexity index is 659. The number of carbonyl (C=O) groups excluding carboxylic acids is 1. The molecule has 1 saturated heterocycles. The predicted molar refractivity (Wildman–Crippen MR) is 100 cm³/mol. The van der Waals surface area contributed by atoms with Gasteiger partial charge < -0.3 is 4.90 Å². The maximum Gasteiger partial charge on any atom is 0.222 e. The summed E-state index contributed by atoms with van der Waals surface area (Å²) < 4.78 is 0. The van der Waals surface area contributed by atoms with Gasteiger partial charge >= 0.3 is 0 Å². The zero-order valence-electron chi connectivity index (χ0n) is 15.0.